The standard InChI is InChI=1S/C13H21N3O2/c1-9(2)16-8-10(14)7-12(16)13(17)15-11-3-5-18-6-4-11/h7-9,11H,3-6,14H2,1-2H3,(H,15,17). The molecule has 1 aromatic rings. The first kappa shape index (κ1) is 13.0. The Kier molecular flexibility index (Phi) is 3.91. The molecule has 1 aliphatic rings. The lowest BCUT2D eigenvalue weighted by Gasteiger charge is -2.23. The van der Waals surface area contributed by atoms with E-state index in [0.29, 0.717) is 11.4 Å². The third kappa shape index (κ3) is 2.85. The zero-order chi connectivity index (χ0) is 13.1. The molecule has 2 heterocycles. The summed E-state index contributed by atoms with van der Waals surface area (Å²) in [6.07, 6.45) is 3.57. The number of amides is 1. The van der Waals surface area contributed by atoms with Crippen LogP contribution >= 0.6 is 0 Å². The number of nitrogen functional groups attached to an aromatic ring is 1. The highest BCUT2D eigenvalue weighted by Gasteiger charge is 2.20. The number of rotatable bonds is 3. The molecule has 1 aliphatic heterocycles. The number of aromatic nitrogens is 1. The minimum absolute atomic E-state index is 0.0488. The quantitative estimate of drug-likeness (QED) is 0.856. The second kappa shape index (κ2) is 5.44. The molecule has 1 amide bonds. The largest absolute Gasteiger partial charge is 0.397 e. The van der Waals surface area contributed by atoms with Crippen molar-refractivity contribution >= 4 is 11.6 Å². The Bertz CT molecular complexity index is 420. The average Bonchev–Trinajstić information content (AvgIpc) is 2.73. The molecule has 0 bridgehead atoms. The van der Waals surface area contributed by atoms with Crippen molar-refractivity contribution in [2.24, 2.45) is 0 Å². The highest BCUT2D eigenvalue weighted by atomic mass is 16.5. The summed E-state index contributed by atoms with van der Waals surface area (Å²) in [5.74, 6) is -0.0488. The number of nitrogens with one attached hydrogen (secondary N) is 1. The fourth-order valence-corrected chi connectivity index (χ4v) is 2.21. The topological polar surface area (TPSA) is 69.3 Å². The van der Waals surface area contributed by atoms with Crippen LogP contribution in [-0.2, 0) is 4.74 Å². The molecule has 18 heavy (non-hydrogen) atoms. The van der Waals surface area contributed by atoms with Gasteiger partial charge in [-0.2, -0.15) is 0 Å². The van der Waals surface area contributed by atoms with Crippen LogP contribution < -0.4 is 11.1 Å². The first-order chi connectivity index (χ1) is 8.58. The minimum atomic E-state index is -0.0488. The van der Waals surface area contributed by atoms with E-state index >= 15 is 0 Å². The molecular weight excluding hydrogens is 230 g/mol. The maximum absolute atomic E-state index is 12.2. The summed E-state index contributed by atoms with van der Waals surface area (Å²) >= 11 is 0. The molecule has 5 heteroatoms. The van der Waals surface area contributed by atoms with Gasteiger partial charge >= 0.3 is 0 Å². The van der Waals surface area contributed by atoms with E-state index in [1.807, 2.05) is 24.6 Å². The Morgan fingerprint density at radius 2 is 2.17 bits per heavy atom. The highest BCUT2D eigenvalue weighted by Crippen LogP contribution is 2.17. The molecule has 100 valence electrons. The van der Waals surface area contributed by atoms with Crippen LogP contribution in [-0.4, -0.2) is 29.7 Å². The SMILES string of the molecule is CC(C)n1cc(N)cc1C(=O)NC1CCOCC1. The number of anilines is 1. The van der Waals surface area contributed by atoms with Crippen molar-refractivity contribution in [3.63, 3.8) is 0 Å². The Hall–Kier alpha value is -1.49. The van der Waals surface area contributed by atoms with Gasteiger partial charge in [0.25, 0.3) is 5.91 Å². The lowest BCUT2D eigenvalue weighted by Crippen LogP contribution is -2.39. The van der Waals surface area contributed by atoms with Gasteiger partial charge in [0.15, 0.2) is 0 Å². The van der Waals surface area contributed by atoms with E-state index in [0.717, 1.165) is 26.1 Å². The second-order valence-electron chi connectivity index (χ2n) is 5.02. The number of hydrogen-bond acceptors (Lipinski definition) is 3. The molecule has 3 N–H and O–H groups in total. The summed E-state index contributed by atoms with van der Waals surface area (Å²) in [5, 5.41) is 3.05. The van der Waals surface area contributed by atoms with Crippen molar-refractivity contribution in [3.8, 4) is 0 Å². The lowest BCUT2D eigenvalue weighted by atomic mass is 10.1. The van der Waals surface area contributed by atoms with Crippen molar-refractivity contribution in [2.75, 3.05) is 18.9 Å². The predicted octanol–water partition coefficient (Wildman–Crippen LogP) is 1.56. The van der Waals surface area contributed by atoms with Gasteiger partial charge in [-0.25, -0.2) is 0 Å². The molecule has 2 rings (SSSR count). The van der Waals surface area contributed by atoms with Gasteiger partial charge in [0.1, 0.15) is 5.69 Å². The third-order valence-electron chi connectivity index (χ3n) is 3.22. The van der Waals surface area contributed by atoms with Gasteiger partial charge in [0, 0.05) is 31.5 Å². The van der Waals surface area contributed by atoms with Gasteiger partial charge in [-0.15, -0.1) is 0 Å². The maximum atomic E-state index is 12.2. The first-order valence-corrected chi connectivity index (χ1v) is 6.44. The zero-order valence-electron chi connectivity index (χ0n) is 11.0. The normalized spacial score (nSPS) is 17.1. The molecule has 0 saturated carbocycles. The summed E-state index contributed by atoms with van der Waals surface area (Å²) in [7, 11) is 0. The maximum Gasteiger partial charge on any atom is 0.268 e. The highest BCUT2D eigenvalue weighted by molar-refractivity contribution is 5.94. The third-order valence-corrected chi connectivity index (χ3v) is 3.22. The zero-order valence-corrected chi connectivity index (χ0v) is 11.0. The van der Waals surface area contributed by atoms with E-state index in [1.54, 1.807) is 6.07 Å². The molecule has 0 radical (unpaired) electrons. The van der Waals surface area contributed by atoms with Crippen molar-refractivity contribution in [1.82, 2.24) is 9.88 Å². The summed E-state index contributed by atoms with van der Waals surface area (Å²) in [4.78, 5) is 12.2. The van der Waals surface area contributed by atoms with Gasteiger partial charge in [0.2, 0.25) is 0 Å². The average molecular weight is 251 g/mol. The van der Waals surface area contributed by atoms with Gasteiger partial charge in [-0.1, -0.05) is 0 Å². The monoisotopic (exact) mass is 251 g/mol. The van der Waals surface area contributed by atoms with E-state index in [2.05, 4.69) is 5.32 Å². The van der Waals surface area contributed by atoms with Crippen LogP contribution in [0, 0.1) is 0 Å². The molecule has 1 aromatic heterocycles. The van der Waals surface area contributed by atoms with Crippen LogP contribution in [0.15, 0.2) is 12.3 Å². The summed E-state index contributed by atoms with van der Waals surface area (Å²) in [6.45, 7) is 5.51. The molecule has 0 spiro atoms. The lowest BCUT2D eigenvalue weighted by molar-refractivity contribution is 0.0691. The van der Waals surface area contributed by atoms with Gasteiger partial charge in [0.05, 0.1) is 5.69 Å². The smallest absolute Gasteiger partial charge is 0.268 e. The molecule has 5 nitrogen and oxygen atoms in total. The van der Waals surface area contributed by atoms with Gasteiger partial charge in [-0.3, -0.25) is 4.79 Å². The Labute approximate surface area is 107 Å². The molecule has 0 unspecified atom stereocenters. The molecular formula is C13H21N3O2. The number of ether oxygens (including phenoxy) is 1. The van der Waals surface area contributed by atoms with Gasteiger partial charge < -0.3 is 20.4 Å². The van der Waals surface area contributed by atoms with Crippen LogP contribution in [0.2, 0.25) is 0 Å². The van der Waals surface area contributed by atoms with E-state index in [1.165, 1.54) is 0 Å². The van der Waals surface area contributed by atoms with Gasteiger partial charge in [-0.05, 0) is 32.8 Å². The van der Waals surface area contributed by atoms with E-state index in [4.69, 9.17) is 10.5 Å². The second-order valence-corrected chi connectivity index (χ2v) is 5.02. The summed E-state index contributed by atoms with van der Waals surface area (Å²) < 4.78 is 7.18. The number of nitrogens with zero attached hydrogens (tertiary/aromatic N) is 1. The van der Waals surface area contributed by atoms with Crippen molar-refractivity contribution in [1.29, 1.82) is 0 Å². The summed E-state index contributed by atoms with van der Waals surface area (Å²) in [5.41, 5.74) is 7.03. The van der Waals surface area contributed by atoms with Crippen LogP contribution in [0.5, 0.6) is 0 Å². The van der Waals surface area contributed by atoms with Crippen LogP contribution in [0.4, 0.5) is 5.69 Å². The van der Waals surface area contributed by atoms with Crippen LogP contribution in [0.3, 0.4) is 0 Å². The summed E-state index contributed by atoms with van der Waals surface area (Å²) in [6, 6.07) is 2.16. The fourth-order valence-electron chi connectivity index (χ4n) is 2.21. The number of carbonyl (C=O) groups is 1. The molecule has 1 fully saturated rings. The first-order valence-electron chi connectivity index (χ1n) is 6.44. The Morgan fingerprint density at radius 3 is 2.78 bits per heavy atom. The van der Waals surface area contributed by atoms with E-state index in [-0.39, 0.29) is 18.0 Å². The van der Waals surface area contributed by atoms with Crippen LogP contribution in [0.25, 0.3) is 0 Å². The van der Waals surface area contributed by atoms with Crippen molar-refractivity contribution in [2.45, 2.75) is 38.8 Å². The number of carbonyl (C=O) groups excluding carboxylic acids is 1. The number of hydrogen-bond donors (Lipinski definition) is 2. The number of nitrogens with two attached hydrogens (primary N) is 1. The molecule has 0 aliphatic carbocycles. The van der Waals surface area contributed by atoms with Crippen LogP contribution in [0.1, 0.15) is 43.2 Å². The van der Waals surface area contributed by atoms with Crippen molar-refractivity contribution < 1.29 is 9.53 Å². The molecule has 0 atom stereocenters. The minimum Gasteiger partial charge on any atom is -0.397 e. The predicted molar refractivity (Wildman–Crippen MR) is 70.5 cm³/mol. The van der Waals surface area contributed by atoms with E-state index < -0.39 is 0 Å². The Balaban J connectivity index is 2.08. The van der Waals surface area contributed by atoms with E-state index in [9.17, 15) is 4.79 Å². The molecule has 0 aromatic carbocycles. The fraction of sp³-hybridized carbons (Fsp3) is 0.615. The van der Waals surface area contributed by atoms with Crippen molar-refractivity contribution in [3.05, 3.63) is 18.0 Å². The molecule has 1 saturated heterocycles. The Morgan fingerprint density at radius 1 is 1.50 bits per heavy atom.